The number of rotatable bonds is 2. The normalized spacial score (nSPS) is 20.8. The molecule has 1 atom stereocenters. The van der Waals surface area contributed by atoms with Gasteiger partial charge in [0.2, 0.25) is 5.91 Å². The van der Waals surface area contributed by atoms with Crippen LogP contribution in [0.15, 0.2) is 12.3 Å². The number of anilines is 1. The van der Waals surface area contributed by atoms with Crippen molar-refractivity contribution in [3.8, 4) is 0 Å². The van der Waals surface area contributed by atoms with Crippen LogP contribution in [-0.2, 0) is 11.3 Å². The van der Waals surface area contributed by atoms with Gasteiger partial charge in [-0.3, -0.25) is 9.48 Å². The van der Waals surface area contributed by atoms with Gasteiger partial charge in [-0.25, -0.2) is 0 Å². The van der Waals surface area contributed by atoms with Crippen LogP contribution in [0.5, 0.6) is 0 Å². The number of nitrogen functional groups attached to an aromatic ring is 1. The van der Waals surface area contributed by atoms with E-state index < -0.39 is 0 Å². The van der Waals surface area contributed by atoms with Crippen LogP contribution in [0.2, 0.25) is 0 Å². The van der Waals surface area contributed by atoms with Crippen molar-refractivity contribution in [1.82, 2.24) is 14.7 Å². The van der Waals surface area contributed by atoms with Gasteiger partial charge in [0.15, 0.2) is 0 Å². The molecular weight excluding hydrogens is 252 g/mol. The summed E-state index contributed by atoms with van der Waals surface area (Å²) in [5.41, 5.74) is 5.90. The Morgan fingerprint density at radius 2 is 2.15 bits per heavy atom. The minimum Gasteiger partial charge on any atom is -0.382 e. The van der Waals surface area contributed by atoms with Gasteiger partial charge in [0.25, 0.3) is 0 Å². The third kappa shape index (κ3) is 3.74. The van der Waals surface area contributed by atoms with Crippen molar-refractivity contribution in [3.63, 3.8) is 0 Å². The molecule has 0 radical (unpaired) electrons. The molecule has 1 aromatic heterocycles. The highest BCUT2D eigenvalue weighted by atomic mass is 16.2. The Kier molecular flexibility index (Phi) is 4.35. The Morgan fingerprint density at radius 1 is 1.40 bits per heavy atom. The molecule has 1 aliphatic rings. The minimum atomic E-state index is 0.141. The molecule has 1 aliphatic heterocycles. The molecule has 1 aromatic rings. The van der Waals surface area contributed by atoms with Crippen molar-refractivity contribution in [2.45, 2.75) is 46.6 Å². The van der Waals surface area contributed by atoms with Crippen LogP contribution >= 0.6 is 0 Å². The van der Waals surface area contributed by atoms with Crippen LogP contribution in [0.3, 0.4) is 0 Å². The maximum absolute atomic E-state index is 12.3. The summed E-state index contributed by atoms with van der Waals surface area (Å²) in [6.45, 7) is 8.89. The van der Waals surface area contributed by atoms with Crippen LogP contribution in [0.1, 0.15) is 40.0 Å². The highest BCUT2D eigenvalue weighted by Gasteiger charge is 2.28. The van der Waals surface area contributed by atoms with E-state index >= 15 is 0 Å². The molecular formula is C15H26N4O. The Hall–Kier alpha value is -1.52. The molecule has 0 aromatic carbocycles. The van der Waals surface area contributed by atoms with E-state index in [1.807, 2.05) is 4.90 Å². The van der Waals surface area contributed by atoms with Crippen molar-refractivity contribution in [2.24, 2.45) is 11.3 Å². The summed E-state index contributed by atoms with van der Waals surface area (Å²) >= 11 is 0. The van der Waals surface area contributed by atoms with Gasteiger partial charge in [0, 0.05) is 19.3 Å². The maximum atomic E-state index is 12.3. The molecule has 1 unspecified atom stereocenters. The zero-order valence-corrected chi connectivity index (χ0v) is 12.8. The van der Waals surface area contributed by atoms with Crippen LogP contribution in [-0.4, -0.2) is 33.7 Å². The van der Waals surface area contributed by atoms with Gasteiger partial charge < -0.3 is 10.6 Å². The molecule has 5 heteroatoms. The van der Waals surface area contributed by atoms with Gasteiger partial charge in [0.05, 0.1) is 0 Å². The third-order valence-electron chi connectivity index (χ3n) is 4.26. The smallest absolute Gasteiger partial charge is 0.244 e. The molecule has 2 heterocycles. The molecule has 0 saturated carbocycles. The predicted molar refractivity (Wildman–Crippen MR) is 80.0 cm³/mol. The number of likely N-dealkylation sites (tertiary alicyclic amines) is 1. The van der Waals surface area contributed by atoms with E-state index in [0.717, 1.165) is 25.9 Å². The van der Waals surface area contributed by atoms with E-state index in [4.69, 9.17) is 5.73 Å². The first-order chi connectivity index (χ1) is 9.36. The summed E-state index contributed by atoms with van der Waals surface area (Å²) in [5, 5.41) is 4.07. The fourth-order valence-corrected chi connectivity index (χ4v) is 2.92. The van der Waals surface area contributed by atoms with E-state index in [1.165, 1.54) is 6.42 Å². The maximum Gasteiger partial charge on any atom is 0.244 e. The fraction of sp³-hybridized carbons (Fsp3) is 0.733. The van der Waals surface area contributed by atoms with Crippen molar-refractivity contribution in [2.75, 3.05) is 18.8 Å². The lowest BCUT2D eigenvalue weighted by Gasteiger charge is -2.29. The third-order valence-corrected chi connectivity index (χ3v) is 4.26. The van der Waals surface area contributed by atoms with Gasteiger partial charge in [-0.2, -0.15) is 5.10 Å². The van der Waals surface area contributed by atoms with Crippen molar-refractivity contribution in [3.05, 3.63) is 12.3 Å². The van der Waals surface area contributed by atoms with Gasteiger partial charge in [-0.1, -0.05) is 20.8 Å². The lowest BCUT2D eigenvalue weighted by Crippen LogP contribution is -2.35. The first kappa shape index (κ1) is 14.9. The number of hydrogen-bond donors (Lipinski definition) is 1. The summed E-state index contributed by atoms with van der Waals surface area (Å²) in [4.78, 5) is 14.3. The zero-order valence-electron chi connectivity index (χ0n) is 12.8. The zero-order chi connectivity index (χ0) is 14.8. The molecule has 1 amide bonds. The van der Waals surface area contributed by atoms with E-state index in [1.54, 1.807) is 16.9 Å². The van der Waals surface area contributed by atoms with Crippen molar-refractivity contribution >= 4 is 11.7 Å². The SMILES string of the molecule is CC(C)(C)C1CCCN(C(=O)Cn2ccc(N)n2)CC1. The van der Waals surface area contributed by atoms with Crippen molar-refractivity contribution < 1.29 is 4.79 Å². The monoisotopic (exact) mass is 278 g/mol. The Balaban J connectivity index is 1.91. The molecule has 2 N–H and O–H groups in total. The molecule has 0 aliphatic carbocycles. The number of hydrogen-bond acceptors (Lipinski definition) is 3. The average molecular weight is 278 g/mol. The lowest BCUT2D eigenvalue weighted by molar-refractivity contribution is -0.132. The number of amides is 1. The van der Waals surface area contributed by atoms with E-state index in [2.05, 4.69) is 25.9 Å². The van der Waals surface area contributed by atoms with E-state index in [0.29, 0.717) is 17.2 Å². The predicted octanol–water partition coefficient (Wildman–Crippen LogP) is 2.14. The average Bonchev–Trinajstić information content (AvgIpc) is 2.64. The molecule has 112 valence electrons. The number of carbonyl (C=O) groups is 1. The van der Waals surface area contributed by atoms with Gasteiger partial charge in [0.1, 0.15) is 12.4 Å². The van der Waals surface area contributed by atoms with Crippen LogP contribution in [0, 0.1) is 11.3 Å². The molecule has 5 nitrogen and oxygen atoms in total. The van der Waals surface area contributed by atoms with E-state index in [9.17, 15) is 4.79 Å². The standard InChI is InChI=1S/C15H26N4O/c1-15(2,3)12-5-4-8-18(9-6-12)14(20)11-19-10-7-13(16)17-19/h7,10,12H,4-6,8-9,11H2,1-3H3,(H2,16,17). The minimum absolute atomic E-state index is 0.141. The fourth-order valence-electron chi connectivity index (χ4n) is 2.92. The Bertz CT molecular complexity index is 461. The van der Waals surface area contributed by atoms with Crippen LogP contribution in [0.25, 0.3) is 0 Å². The van der Waals surface area contributed by atoms with Gasteiger partial charge in [-0.05, 0) is 36.7 Å². The second kappa shape index (κ2) is 5.85. The number of aromatic nitrogens is 2. The topological polar surface area (TPSA) is 64.2 Å². The molecule has 0 bridgehead atoms. The second-order valence-corrected chi connectivity index (χ2v) is 6.81. The van der Waals surface area contributed by atoms with E-state index in [-0.39, 0.29) is 12.5 Å². The molecule has 20 heavy (non-hydrogen) atoms. The molecule has 1 fully saturated rings. The molecule has 1 saturated heterocycles. The summed E-state index contributed by atoms with van der Waals surface area (Å²) in [6.07, 6.45) is 5.15. The molecule has 2 rings (SSSR count). The molecule has 0 spiro atoms. The summed E-state index contributed by atoms with van der Waals surface area (Å²) in [5.74, 6) is 1.30. The first-order valence-corrected chi connectivity index (χ1v) is 7.43. The summed E-state index contributed by atoms with van der Waals surface area (Å²) in [7, 11) is 0. The van der Waals surface area contributed by atoms with Crippen LogP contribution < -0.4 is 5.73 Å². The Labute approximate surface area is 121 Å². The van der Waals surface area contributed by atoms with Gasteiger partial charge >= 0.3 is 0 Å². The van der Waals surface area contributed by atoms with Crippen LogP contribution in [0.4, 0.5) is 5.82 Å². The number of nitrogens with two attached hydrogens (primary N) is 1. The number of carbonyl (C=O) groups excluding carboxylic acids is 1. The largest absolute Gasteiger partial charge is 0.382 e. The second-order valence-electron chi connectivity index (χ2n) is 6.81. The number of nitrogens with zero attached hydrogens (tertiary/aromatic N) is 3. The Morgan fingerprint density at radius 3 is 2.75 bits per heavy atom. The highest BCUT2D eigenvalue weighted by Crippen LogP contribution is 2.34. The first-order valence-electron chi connectivity index (χ1n) is 7.43. The lowest BCUT2D eigenvalue weighted by atomic mass is 9.77. The summed E-state index contributed by atoms with van der Waals surface area (Å²) < 4.78 is 1.61. The van der Waals surface area contributed by atoms with Crippen molar-refractivity contribution in [1.29, 1.82) is 0 Å². The van der Waals surface area contributed by atoms with Gasteiger partial charge in [-0.15, -0.1) is 0 Å². The highest BCUT2D eigenvalue weighted by molar-refractivity contribution is 5.75. The quantitative estimate of drug-likeness (QED) is 0.901. The summed E-state index contributed by atoms with van der Waals surface area (Å²) in [6, 6.07) is 1.71.